The number of nitrogens with one attached hydrogen (secondary N) is 1. The van der Waals surface area contributed by atoms with Crippen molar-refractivity contribution in [2.45, 2.75) is 138 Å². The molecule has 1 fully saturated rings. The summed E-state index contributed by atoms with van der Waals surface area (Å²) in [6, 6.07) is 1.48. The van der Waals surface area contributed by atoms with Gasteiger partial charge in [0, 0.05) is 105 Å². The third kappa shape index (κ3) is 9.40. The van der Waals surface area contributed by atoms with Crippen molar-refractivity contribution in [2.75, 3.05) is 42.7 Å². The second-order valence-electron chi connectivity index (χ2n) is 20.3. The molecule has 0 amide bonds. The van der Waals surface area contributed by atoms with Crippen molar-refractivity contribution in [1.29, 1.82) is 5.26 Å². The molecule has 0 aromatic carbocycles. The van der Waals surface area contributed by atoms with Gasteiger partial charge in [-0.3, -0.25) is 43.7 Å². The van der Waals surface area contributed by atoms with Gasteiger partial charge in [-0.25, -0.2) is 0 Å². The molecule has 1 N–H and O–H groups in total. The monoisotopic (exact) mass is 946 g/mol. The first-order chi connectivity index (χ1) is 31.9. The summed E-state index contributed by atoms with van der Waals surface area (Å²) in [5.74, 6) is -4.96. The Labute approximate surface area is 400 Å². The average Bonchev–Trinajstić information content (AvgIpc) is 3.92. The van der Waals surface area contributed by atoms with Crippen LogP contribution in [0.15, 0.2) is 49.3 Å². The van der Waals surface area contributed by atoms with Crippen LogP contribution in [0.4, 0.5) is 0 Å². The second kappa shape index (κ2) is 20.5. The zero-order valence-corrected chi connectivity index (χ0v) is 42.4. The van der Waals surface area contributed by atoms with Crippen molar-refractivity contribution in [3.05, 3.63) is 34.3 Å². The lowest BCUT2D eigenvalue weighted by atomic mass is 9.55. The van der Waals surface area contributed by atoms with Crippen molar-refractivity contribution in [3.8, 4) is 6.07 Å². The number of methoxy groups -OCH3 is 6. The van der Waals surface area contributed by atoms with Gasteiger partial charge in [0.1, 0.15) is 0 Å². The Kier molecular flexibility index (Phi) is 16.1. The van der Waals surface area contributed by atoms with Gasteiger partial charge in [0.2, 0.25) is 0 Å². The third-order valence-corrected chi connectivity index (χ3v) is 16.5. The molecule has 68 heavy (non-hydrogen) atoms. The molecule has 0 aromatic heterocycles. The summed E-state index contributed by atoms with van der Waals surface area (Å²) in [7, 11) is 7.94. The SMILES string of the molecule is COC(=O)CCC1C2=C(C)C3=NC(C(CC(=O)OC)C3(C)CCC#N)C3(C)N=C(/C(C)=C4\NC(=CC(=N2)C1(C)C)C(CCC(=O)OC)C4(C)CC(=O)OC)C(CCC(=O)OC)C3(C)CC(=O)OC. The number of aliphatic imine (C=N–C) groups is 3. The number of carbonyl (C=O) groups is 6. The summed E-state index contributed by atoms with van der Waals surface area (Å²) in [5.41, 5.74) is -0.0494. The summed E-state index contributed by atoms with van der Waals surface area (Å²) in [6.45, 7) is 15.8. The molecular weight excluding hydrogens is 875 g/mol. The molecule has 0 saturated carbocycles. The van der Waals surface area contributed by atoms with E-state index in [1.54, 1.807) is 0 Å². The standard InChI is InChI=1S/C51H71N5O12/c1-28-42-31(17-20-37(58)64-10)47(3,4)35(54-42)25-34-30(16-19-36(57)63-9)49(6,26-40(61)67-13)45(53-34)29(2)43-32(18-21-38(59)65-11)50(7,27-41(62)68-14)51(8,56-43)46-33(24-39(60)66-12)48(5,22-15-23-52)44(28)55-46/h25,30-33,46,53H,15-22,24,26-27H2,1-14H3/b34-25?,42-28?,45-29-. The zero-order valence-electron chi connectivity index (χ0n) is 42.4. The summed E-state index contributed by atoms with van der Waals surface area (Å²) < 4.78 is 31.5. The molecular formula is C51H71N5O12. The van der Waals surface area contributed by atoms with Gasteiger partial charge in [0.25, 0.3) is 0 Å². The van der Waals surface area contributed by atoms with E-state index in [4.69, 9.17) is 43.4 Å². The first-order valence-corrected chi connectivity index (χ1v) is 23.4. The minimum Gasteiger partial charge on any atom is -0.469 e. The number of carbonyl (C=O) groups excluding carboxylic acids is 6. The van der Waals surface area contributed by atoms with Gasteiger partial charge in [-0.1, -0.05) is 34.6 Å². The summed E-state index contributed by atoms with van der Waals surface area (Å²) >= 11 is 0. The maximum atomic E-state index is 13.9. The number of esters is 6. The highest BCUT2D eigenvalue weighted by atomic mass is 16.5. The molecule has 5 aliphatic rings. The molecule has 0 spiro atoms. The van der Waals surface area contributed by atoms with E-state index in [1.165, 1.54) is 42.7 Å². The van der Waals surface area contributed by atoms with E-state index in [2.05, 4.69) is 25.2 Å². The number of fused-ring (bicyclic) bond motifs is 6. The van der Waals surface area contributed by atoms with Crippen molar-refractivity contribution in [3.63, 3.8) is 0 Å². The fourth-order valence-corrected chi connectivity index (χ4v) is 12.2. The van der Waals surface area contributed by atoms with Crippen LogP contribution >= 0.6 is 0 Å². The van der Waals surface area contributed by atoms with E-state index >= 15 is 0 Å². The minimum absolute atomic E-state index is 0.0213. The van der Waals surface area contributed by atoms with Crippen molar-refractivity contribution >= 4 is 53.0 Å². The smallest absolute Gasteiger partial charge is 0.306 e. The lowest BCUT2D eigenvalue weighted by molar-refractivity contribution is -0.147. The lowest BCUT2D eigenvalue weighted by Gasteiger charge is -2.48. The maximum Gasteiger partial charge on any atom is 0.306 e. The Bertz CT molecular complexity index is 2320. The van der Waals surface area contributed by atoms with Gasteiger partial charge in [0.15, 0.2) is 0 Å². The molecule has 17 nitrogen and oxygen atoms in total. The molecule has 9 unspecified atom stereocenters. The number of rotatable bonds is 17. The minimum atomic E-state index is -1.33. The van der Waals surface area contributed by atoms with Gasteiger partial charge in [-0.2, -0.15) is 5.26 Å². The second-order valence-corrected chi connectivity index (χ2v) is 20.3. The fraction of sp³-hybridized carbons (Fsp3) is 0.686. The van der Waals surface area contributed by atoms with Crippen LogP contribution in [0, 0.1) is 56.7 Å². The molecule has 5 aliphatic heterocycles. The first kappa shape index (κ1) is 53.3. The Morgan fingerprint density at radius 1 is 0.676 bits per heavy atom. The van der Waals surface area contributed by atoms with Gasteiger partial charge in [-0.05, 0) is 63.7 Å². The summed E-state index contributed by atoms with van der Waals surface area (Å²) in [4.78, 5) is 97.2. The van der Waals surface area contributed by atoms with Crippen LogP contribution in [0.1, 0.15) is 126 Å². The van der Waals surface area contributed by atoms with Gasteiger partial charge in [0.05, 0.1) is 79.6 Å². The molecule has 0 aliphatic carbocycles. The molecule has 372 valence electrons. The predicted octanol–water partition coefficient (Wildman–Crippen LogP) is 6.89. The first-order valence-electron chi connectivity index (χ1n) is 23.4. The van der Waals surface area contributed by atoms with Crippen LogP contribution in [-0.2, 0) is 57.2 Å². The Morgan fingerprint density at radius 3 is 1.72 bits per heavy atom. The summed E-state index contributed by atoms with van der Waals surface area (Å²) in [5, 5.41) is 13.9. The lowest BCUT2D eigenvalue weighted by Crippen LogP contribution is -2.55. The highest BCUT2D eigenvalue weighted by Crippen LogP contribution is 2.62. The van der Waals surface area contributed by atoms with Gasteiger partial charge in [-0.15, -0.1) is 0 Å². The van der Waals surface area contributed by atoms with Crippen LogP contribution < -0.4 is 5.32 Å². The van der Waals surface area contributed by atoms with Gasteiger partial charge >= 0.3 is 35.8 Å². The molecule has 17 heteroatoms. The highest BCUT2D eigenvalue weighted by Gasteiger charge is 2.66. The average molecular weight is 946 g/mol. The molecule has 9 atom stereocenters. The third-order valence-electron chi connectivity index (χ3n) is 16.5. The van der Waals surface area contributed by atoms with E-state index in [0.29, 0.717) is 58.2 Å². The zero-order chi connectivity index (χ0) is 50.7. The number of ether oxygens (including phenoxy) is 6. The van der Waals surface area contributed by atoms with E-state index in [9.17, 15) is 34.0 Å². The van der Waals surface area contributed by atoms with Crippen LogP contribution in [-0.4, -0.2) is 107 Å². The van der Waals surface area contributed by atoms with E-state index in [0.717, 1.165) is 0 Å². The van der Waals surface area contributed by atoms with Crippen LogP contribution in [0.25, 0.3) is 0 Å². The largest absolute Gasteiger partial charge is 0.469 e. The van der Waals surface area contributed by atoms with Crippen LogP contribution in [0.3, 0.4) is 0 Å². The van der Waals surface area contributed by atoms with Crippen molar-refractivity contribution in [1.82, 2.24) is 5.32 Å². The number of nitrogens with zero attached hydrogens (tertiary/aromatic N) is 4. The molecule has 0 radical (unpaired) electrons. The van der Waals surface area contributed by atoms with Crippen molar-refractivity contribution in [2.24, 2.45) is 60.3 Å². The Balaban J connectivity index is 2.04. The van der Waals surface area contributed by atoms with E-state index < -0.39 is 80.8 Å². The maximum absolute atomic E-state index is 13.9. The quantitative estimate of drug-likeness (QED) is 0.116. The Morgan fingerprint density at radius 2 is 1.19 bits per heavy atom. The van der Waals surface area contributed by atoms with E-state index in [1.807, 2.05) is 47.6 Å². The molecule has 5 rings (SSSR count). The normalized spacial score (nSPS) is 32.2. The van der Waals surface area contributed by atoms with Gasteiger partial charge < -0.3 is 33.7 Å². The molecule has 8 bridgehead atoms. The molecule has 0 aromatic rings. The number of allylic oxidation sites excluding steroid dienone is 6. The number of nitriles is 1. The summed E-state index contributed by atoms with van der Waals surface area (Å²) in [6.07, 6.45) is 2.89. The number of hydrogen-bond acceptors (Lipinski definition) is 17. The topological polar surface area (TPSA) is 231 Å². The number of hydrogen-bond donors (Lipinski definition) is 1. The predicted molar refractivity (Wildman–Crippen MR) is 252 cm³/mol. The molecule has 5 heterocycles. The van der Waals surface area contributed by atoms with Crippen molar-refractivity contribution < 1.29 is 57.2 Å². The van der Waals surface area contributed by atoms with E-state index in [-0.39, 0.29) is 69.7 Å². The highest BCUT2D eigenvalue weighted by molar-refractivity contribution is 6.10. The van der Waals surface area contributed by atoms with Crippen LogP contribution in [0.2, 0.25) is 0 Å². The van der Waals surface area contributed by atoms with Crippen LogP contribution in [0.5, 0.6) is 0 Å². The molecule has 1 saturated heterocycles. The Hall–Kier alpha value is -5.66. The fourth-order valence-electron chi connectivity index (χ4n) is 12.2.